The molecule has 0 fully saturated rings. The van der Waals surface area contributed by atoms with Gasteiger partial charge in [-0.3, -0.25) is 10.2 Å². The van der Waals surface area contributed by atoms with Gasteiger partial charge in [0.05, 0.1) is 6.42 Å². The van der Waals surface area contributed by atoms with Gasteiger partial charge in [0.15, 0.2) is 5.11 Å². The first kappa shape index (κ1) is 12.8. The molecule has 0 rings (SSSR count). The second-order valence-electron chi connectivity index (χ2n) is 2.41. The molecule has 14 heavy (non-hydrogen) atoms. The van der Waals surface area contributed by atoms with Crippen LogP contribution in [0.25, 0.3) is 0 Å². The number of halogens is 3. The Balaban J connectivity index is 4.63. The highest BCUT2D eigenvalue weighted by Crippen LogP contribution is 2.19. The van der Waals surface area contributed by atoms with Gasteiger partial charge in [-0.2, -0.15) is 18.3 Å². The van der Waals surface area contributed by atoms with Crippen LogP contribution in [0.4, 0.5) is 13.2 Å². The van der Waals surface area contributed by atoms with Crippen molar-refractivity contribution < 1.29 is 18.0 Å². The van der Waals surface area contributed by atoms with Crippen molar-refractivity contribution in [3.8, 4) is 0 Å². The molecule has 0 aromatic rings. The average Bonchev–Trinajstić information content (AvgIpc) is 1.94. The number of hydrogen-bond acceptors (Lipinski definition) is 3. The molecule has 0 heterocycles. The van der Waals surface area contributed by atoms with Crippen LogP contribution in [-0.2, 0) is 4.79 Å². The van der Waals surface area contributed by atoms with Gasteiger partial charge >= 0.3 is 6.18 Å². The summed E-state index contributed by atoms with van der Waals surface area (Å²) in [6.07, 6.45) is -5.47. The van der Waals surface area contributed by atoms with Crippen molar-refractivity contribution in [1.29, 1.82) is 0 Å². The van der Waals surface area contributed by atoms with Gasteiger partial charge < -0.3 is 5.73 Å². The molecule has 0 amide bonds. The molecule has 0 atom stereocenters. The molecule has 80 valence electrons. The van der Waals surface area contributed by atoms with E-state index in [0.717, 1.165) is 6.92 Å². The zero-order chi connectivity index (χ0) is 11.4. The third-order valence-electron chi connectivity index (χ3n) is 1.04. The van der Waals surface area contributed by atoms with E-state index in [9.17, 15) is 18.0 Å². The zero-order valence-electron chi connectivity index (χ0n) is 7.18. The van der Waals surface area contributed by atoms with Crippen molar-refractivity contribution in [3.63, 3.8) is 0 Å². The van der Waals surface area contributed by atoms with Gasteiger partial charge in [0, 0.05) is 0 Å². The lowest BCUT2D eigenvalue weighted by Crippen LogP contribution is -2.31. The number of thiocarbonyl (C=S) groups is 1. The molecular weight excluding hydrogens is 219 g/mol. The normalized spacial score (nSPS) is 12.4. The minimum absolute atomic E-state index is 0.393. The molecule has 0 saturated heterocycles. The number of hydrogen-bond donors (Lipinski definition) is 2. The van der Waals surface area contributed by atoms with Gasteiger partial charge in [0.25, 0.3) is 0 Å². The number of nitrogens with one attached hydrogen (secondary N) is 1. The van der Waals surface area contributed by atoms with E-state index in [1.54, 1.807) is 5.43 Å². The largest absolute Gasteiger partial charge is 0.431 e. The van der Waals surface area contributed by atoms with Crippen molar-refractivity contribution >= 4 is 28.8 Å². The summed E-state index contributed by atoms with van der Waals surface area (Å²) in [6.45, 7) is 1.03. The predicted octanol–water partition coefficient (Wildman–Crippen LogP) is 0.717. The Morgan fingerprint density at radius 1 is 1.57 bits per heavy atom. The molecule has 4 nitrogen and oxygen atoms in total. The van der Waals surface area contributed by atoms with Gasteiger partial charge in [-0.05, 0) is 19.1 Å². The maximum atomic E-state index is 12.1. The topological polar surface area (TPSA) is 67.5 Å². The molecule has 0 aliphatic carbocycles. The highest BCUT2D eigenvalue weighted by Gasteiger charge is 2.36. The Kier molecular flexibility index (Phi) is 4.48. The monoisotopic (exact) mass is 227 g/mol. The molecule has 8 heteroatoms. The Morgan fingerprint density at radius 2 is 2.07 bits per heavy atom. The fourth-order valence-corrected chi connectivity index (χ4v) is 0.607. The van der Waals surface area contributed by atoms with E-state index < -0.39 is 29.2 Å². The number of nitrogens with zero attached hydrogens (tertiary/aromatic N) is 1. The summed E-state index contributed by atoms with van der Waals surface area (Å²) in [5.74, 6) is -0.647. The zero-order valence-corrected chi connectivity index (χ0v) is 8.00. The van der Waals surface area contributed by atoms with Crippen molar-refractivity contribution in [2.24, 2.45) is 10.8 Å². The summed E-state index contributed by atoms with van der Waals surface area (Å²) in [5.41, 5.74) is 5.41. The Bertz CT molecular complexity index is 274. The van der Waals surface area contributed by atoms with E-state index in [2.05, 4.69) is 17.3 Å². The standard InChI is InChI=1S/C6H8F3N3OS/c1-3(13)2-4(6(7,8)9)11-12-5(10)14/h2H2,1H3,(H3,10,12,14). The first-order valence-electron chi connectivity index (χ1n) is 3.42. The maximum absolute atomic E-state index is 12.1. The Morgan fingerprint density at radius 3 is 2.36 bits per heavy atom. The van der Waals surface area contributed by atoms with Crippen LogP contribution in [0.2, 0.25) is 0 Å². The molecule has 0 radical (unpaired) electrons. The molecule has 0 spiro atoms. The smallest absolute Gasteiger partial charge is 0.375 e. The first-order valence-corrected chi connectivity index (χ1v) is 3.83. The van der Waals surface area contributed by atoms with Gasteiger partial charge in [0.2, 0.25) is 0 Å². The summed E-state index contributed by atoms with van der Waals surface area (Å²) in [4.78, 5) is 10.5. The third-order valence-corrected chi connectivity index (χ3v) is 1.14. The second-order valence-corrected chi connectivity index (χ2v) is 2.85. The minimum Gasteiger partial charge on any atom is -0.375 e. The highest BCUT2D eigenvalue weighted by molar-refractivity contribution is 7.80. The molecular formula is C6H8F3N3OS. The van der Waals surface area contributed by atoms with E-state index in [-0.39, 0.29) is 0 Å². The molecule has 0 bridgehead atoms. The third kappa shape index (κ3) is 5.46. The summed E-state index contributed by atoms with van der Waals surface area (Å²) < 4.78 is 36.4. The van der Waals surface area contributed by atoms with Crippen LogP contribution in [0, 0.1) is 0 Å². The molecule has 3 N–H and O–H groups in total. The Hall–Kier alpha value is -1.18. The van der Waals surface area contributed by atoms with E-state index in [4.69, 9.17) is 5.73 Å². The molecule has 0 aromatic carbocycles. The molecule has 0 aliphatic heterocycles. The van der Waals surface area contributed by atoms with Crippen LogP contribution < -0.4 is 11.2 Å². The average molecular weight is 227 g/mol. The number of alkyl halides is 3. The highest BCUT2D eigenvalue weighted by atomic mass is 32.1. The van der Waals surface area contributed by atoms with E-state index in [1.807, 2.05) is 0 Å². The predicted molar refractivity (Wildman–Crippen MR) is 48.7 cm³/mol. The summed E-state index contributed by atoms with van der Waals surface area (Å²) in [7, 11) is 0. The van der Waals surface area contributed by atoms with Crippen molar-refractivity contribution in [1.82, 2.24) is 5.43 Å². The fraction of sp³-hybridized carbons (Fsp3) is 0.500. The van der Waals surface area contributed by atoms with Gasteiger partial charge in [-0.1, -0.05) is 0 Å². The summed E-state index contributed by atoms with van der Waals surface area (Å²) >= 11 is 4.26. The van der Waals surface area contributed by atoms with Gasteiger partial charge in [-0.15, -0.1) is 0 Å². The number of nitrogens with two attached hydrogens (primary N) is 1. The van der Waals surface area contributed by atoms with Crippen LogP contribution in [-0.4, -0.2) is 22.8 Å². The summed E-state index contributed by atoms with van der Waals surface area (Å²) in [5, 5.41) is 2.50. The molecule has 0 unspecified atom stereocenters. The second kappa shape index (κ2) is 4.89. The van der Waals surface area contributed by atoms with E-state index in [1.165, 1.54) is 0 Å². The van der Waals surface area contributed by atoms with Crippen LogP contribution in [0.3, 0.4) is 0 Å². The number of Topliss-reactive ketones (excluding diaryl/α,β-unsaturated/α-hetero) is 1. The van der Waals surface area contributed by atoms with Crippen LogP contribution in [0.15, 0.2) is 5.10 Å². The van der Waals surface area contributed by atoms with Gasteiger partial charge in [0.1, 0.15) is 11.5 Å². The number of hydrazone groups is 1. The fourth-order valence-electron chi connectivity index (χ4n) is 0.562. The first-order chi connectivity index (χ1) is 6.23. The Labute approximate surface area is 83.3 Å². The summed E-state index contributed by atoms with van der Waals surface area (Å²) in [6, 6.07) is 0. The number of ketones is 1. The molecule has 0 saturated carbocycles. The van der Waals surface area contributed by atoms with E-state index in [0.29, 0.717) is 0 Å². The van der Waals surface area contributed by atoms with Gasteiger partial charge in [-0.25, -0.2) is 0 Å². The van der Waals surface area contributed by atoms with Crippen molar-refractivity contribution in [3.05, 3.63) is 0 Å². The van der Waals surface area contributed by atoms with Crippen LogP contribution in [0.5, 0.6) is 0 Å². The van der Waals surface area contributed by atoms with Crippen LogP contribution in [0.1, 0.15) is 13.3 Å². The minimum atomic E-state index is -4.66. The lowest BCUT2D eigenvalue weighted by Gasteiger charge is -2.08. The lowest BCUT2D eigenvalue weighted by atomic mass is 10.2. The van der Waals surface area contributed by atoms with Crippen LogP contribution >= 0.6 is 12.2 Å². The van der Waals surface area contributed by atoms with Crippen molar-refractivity contribution in [2.75, 3.05) is 0 Å². The molecule has 0 aliphatic rings. The quantitative estimate of drug-likeness (QED) is 0.423. The van der Waals surface area contributed by atoms with Crippen molar-refractivity contribution in [2.45, 2.75) is 19.5 Å². The number of rotatable bonds is 3. The van der Waals surface area contributed by atoms with E-state index >= 15 is 0 Å². The maximum Gasteiger partial charge on any atom is 0.431 e. The SMILES string of the molecule is CC(=O)CC(=NNC(N)=S)C(F)(F)F. The lowest BCUT2D eigenvalue weighted by molar-refractivity contribution is -0.117. The number of carbonyl (C=O) groups is 1. The molecule has 0 aromatic heterocycles. The number of carbonyl (C=O) groups excluding carboxylic acids is 1.